The number of hydrogen-bond donors (Lipinski definition) is 1. The quantitative estimate of drug-likeness (QED) is 0.154. The summed E-state index contributed by atoms with van der Waals surface area (Å²) in [6.07, 6.45) is 0. The first-order chi connectivity index (χ1) is 16.4. The highest BCUT2D eigenvalue weighted by Crippen LogP contribution is 2.61. The Kier molecular flexibility index (Phi) is 11.4. The molecule has 0 fully saturated rings. The van der Waals surface area contributed by atoms with Crippen LogP contribution in [0.5, 0.6) is 0 Å². The maximum atomic E-state index is 11.5. The van der Waals surface area contributed by atoms with Crippen molar-refractivity contribution in [3.63, 3.8) is 0 Å². The van der Waals surface area contributed by atoms with Crippen LogP contribution in [0.3, 0.4) is 0 Å². The van der Waals surface area contributed by atoms with E-state index in [0.717, 1.165) is 4.70 Å². The van der Waals surface area contributed by atoms with E-state index in [1.165, 1.54) is 22.7 Å². The lowest BCUT2D eigenvalue weighted by Gasteiger charge is -2.00. The number of nitrogens with one attached hydrogen (secondary N) is 1. The molecule has 17 heteroatoms. The molecule has 1 N–H and O–H groups in total. The molecule has 0 unspecified atom stereocenters. The average molecular weight is 620 g/mol. The molecule has 0 atom stereocenters. The molecule has 0 amide bonds. The first-order valence-corrected chi connectivity index (χ1v) is 15.9. The lowest BCUT2D eigenvalue weighted by molar-refractivity contribution is 0.0503. The van der Waals surface area contributed by atoms with Gasteiger partial charge < -0.3 is 9.47 Å². The zero-order valence-electron chi connectivity index (χ0n) is 17.8. The first-order valence-electron chi connectivity index (χ1n) is 9.36. The summed E-state index contributed by atoms with van der Waals surface area (Å²) in [6.45, 7) is 3.97. The van der Waals surface area contributed by atoms with Crippen LogP contribution in [-0.2, 0) is 14.0 Å². The number of H-pyrrole nitrogens is 1. The average Bonchev–Trinajstić information content (AvgIpc) is 3.43. The van der Waals surface area contributed by atoms with Crippen molar-refractivity contribution in [2.75, 3.05) is 13.2 Å². The SMILES string of the molecule is CCOC(=O)c1nc(Cl)c2sccc2n1.CCOC(=O)c1nc2ccsc2c(=O)[nH]1.O=P(Cl)(Cl)Cl. The number of thiophene rings is 2. The lowest BCUT2D eigenvalue weighted by Crippen LogP contribution is -2.16. The predicted molar refractivity (Wildman–Crippen MR) is 140 cm³/mol. The molecule has 0 aromatic carbocycles. The number of hydrogen-bond acceptors (Lipinski definition) is 11. The normalized spacial score (nSPS) is 10.7. The zero-order valence-corrected chi connectivity index (χ0v) is 23.3. The van der Waals surface area contributed by atoms with Gasteiger partial charge in [-0.05, 0) is 70.5 Å². The molecule has 0 saturated carbocycles. The molecule has 0 aliphatic carbocycles. The number of ether oxygens (including phenoxy) is 2. The summed E-state index contributed by atoms with van der Waals surface area (Å²) in [5.41, 5.74) is 0.882. The monoisotopic (exact) mass is 618 g/mol. The number of nitrogens with zero attached hydrogens (tertiary/aromatic N) is 3. The molecule has 0 radical (unpaired) electrons. The number of halogens is 4. The molecule has 0 aliphatic heterocycles. The summed E-state index contributed by atoms with van der Waals surface area (Å²) in [5, 5.41) is 0.667. The van der Waals surface area contributed by atoms with Gasteiger partial charge in [-0.25, -0.2) is 24.5 Å². The maximum Gasteiger partial charge on any atom is 0.376 e. The van der Waals surface area contributed by atoms with E-state index in [0.29, 0.717) is 22.3 Å². The highest BCUT2D eigenvalue weighted by atomic mass is 36.0. The Balaban J connectivity index is 0.000000208. The van der Waals surface area contributed by atoms with Crippen LogP contribution in [-0.4, -0.2) is 45.1 Å². The van der Waals surface area contributed by atoms with Crippen molar-refractivity contribution >= 4 is 106 Å². The van der Waals surface area contributed by atoms with Gasteiger partial charge in [-0.1, -0.05) is 11.6 Å². The van der Waals surface area contributed by atoms with E-state index in [1.807, 2.05) is 5.38 Å². The molecular weight excluding hydrogens is 605 g/mol. The van der Waals surface area contributed by atoms with Gasteiger partial charge in [0.15, 0.2) is 5.15 Å². The second-order valence-electron chi connectivity index (χ2n) is 5.86. The van der Waals surface area contributed by atoms with E-state index in [9.17, 15) is 18.9 Å². The van der Waals surface area contributed by atoms with E-state index in [4.69, 9.17) is 21.1 Å². The smallest absolute Gasteiger partial charge is 0.376 e. The molecule has 0 aliphatic rings. The van der Waals surface area contributed by atoms with Crippen LogP contribution in [0, 0.1) is 0 Å². The van der Waals surface area contributed by atoms with Crippen molar-refractivity contribution < 1.29 is 23.6 Å². The van der Waals surface area contributed by atoms with Crippen molar-refractivity contribution in [3.05, 3.63) is 50.0 Å². The zero-order chi connectivity index (χ0) is 26.2. The van der Waals surface area contributed by atoms with Gasteiger partial charge in [0, 0.05) is 0 Å². The van der Waals surface area contributed by atoms with Gasteiger partial charge in [-0.15, -0.1) is 22.7 Å². The minimum atomic E-state index is -3.22. The summed E-state index contributed by atoms with van der Waals surface area (Å²) in [6, 6.07) is 3.48. The van der Waals surface area contributed by atoms with Gasteiger partial charge in [-0.3, -0.25) is 14.3 Å². The molecule has 4 rings (SSSR count). The molecule has 0 spiro atoms. The van der Waals surface area contributed by atoms with E-state index in [1.54, 1.807) is 31.4 Å². The van der Waals surface area contributed by atoms with E-state index in [-0.39, 0.29) is 29.0 Å². The van der Waals surface area contributed by atoms with Gasteiger partial charge >= 0.3 is 17.1 Å². The fraction of sp³-hybridized carbons (Fsp3) is 0.222. The van der Waals surface area contributed by atoms with Crippen molar-refractivity contribution in [2.24, 2.45) is 0 Å². The molecule has 0 saturated heterocycles. The van der Waals surface area contributed by atoms with Gasteiger partial charge in [0.05, 0.1) is 28.9 Å². The molecule has 10 nitrogen and oxygen atoms in total. The maximum absolute atomic E-state index is 11.5. The second kappa shape index (κ2) is 13.5. The van der Waals surface area contributed by atoms with Crippen LogP contribution in [0.25, 0.3) is 20.4 Å². The second-order valence-corrected chi connectivity index (χ2v) is 14.7. The minimum Gasteiger partial charge on any atom is -0.460 e. The lowest BCUT2D eigenvalue weighted by atomic mass is 10.4. The van der Waals surface area contributed by atoms with Gasteiger partial charge in [0.25, 0.3) is 5.56 Å². The first kappa shape index (κ1) is 29.4. The largest absolute Gasteiger partial charge is 0.460 e. The van der Waals surface area contributed by atoms with Crippen LogP contribution in [0.15, 0.2) is 27.7 Å². The number of aromatic amines is 1. The van der Waals surface area contributed by atoms with Crippen molar-refractivity contribution in [1.82, 2.24) is 19.9 Å². The highest BCUT2D eigenvalue weighted by Gasteiger charge is 2.14. The van der Waals surface area contributed by atoms with Gasteiger partial charge in [0.1, 0.15) is 4.70 Å². The molecule has 4 aromatic rings. The molecular formula is C18H15Cl4N4O6PS2. The predicted octanol–water partition coefficient (Wildman–Crippen LogP) is 6.49. The third-order valence-corrected chi connectivity index (χ3v) is 5.70. The molecule has 4 aromatic heterocycles. The standard InChI is InChI=1S/C9H7ClN2O2S.C9H8N2O3S.Cl3OP/c1-2-14-9(13)8-11-5-3-4-15-6(5)7(10)12-8;1-2-14-9(13)7-10-5-3-4-15-6(5)8(12)11-7;1-5(2,3)4/h3-4H,2H2,1H3;3-4H,2H2,1H3,(H,10,11,12);. The summed E-state index contributed by atoms with van der Waals surface area (Å²) < 4.78 is 20.3. The Morgan fingerprint density at radius 1 is 0.943 bits per heavy atom. The van der Waals surface area contributed by atoms with Crippen LogP contribution >= 0.6 is 73.2 Å². The van der Waals surface area contributed by atoms with Gasteiger partial charge in [-0.2, -0.15) is 0 Å². The van der Waals surface area contributed by atoms with Crippen molar-refractivity contribution in [3.8, 4) is 0 Å². The summed E-state index contributed by atoms with van der Waals surface area (Å²) >= 11 is 22.5. The Hall–Kier alpha value is -1.79. The van der Waals surface area contributed by atoms with Crippen molar-refractivity contribution in [1.29, 1.82) is 0 Å². The third-order valence-electron chi connectivity index (χ3n) is 3.50. The van der Waals surface area contributed by atoms with E-state index >= 15 is 0 Å². The van der Waals surface area contributed by atoms with E-state index < -0.39 is 17.1 Å². The highest BCUT2D eigenvalue weighted by molar-refractivity contribution is 8.24. The Morgan fingerprint density at radius 3 is 2.03 bits per heavy atom. The third kappa shape index (κ3) is 9.30. The molecule has 4 heterocycles. The fourth-order valence-corrected chi connectivity index (χ4v) is 4.03. The number of aromatic nitrogens is 4. The van der Waals surface area contributed by atoms with Gasteiger partial charge in [0.2, 0.25) is 11.6 Å². The number of rotatable bonds is 4. The number of fused-ring (bicyclic) bond motifs is 2. The van der Waals surface area contributed by atoms with Crippen molar-refractivity contribution in [2.45, 2.75) is 13.8 Å². The Morgan fingerprint density at radius 2 is 1.46 bits per heavy atom. The number of carbonyl (C=O) groups excluding carboxylic acids is 2. The molecule has 188 valence electrons. The Labute approximate surface area is 225 Å². The summed E-state index contributed by atoms with van der Waals surface area (Å²) in [4.78, 5) is 48.5. The Bertz CT molecular complexity index is 1430. The number of esters is 2. The summed E-state index contributed by atoms with van der Waals surface area (Å²) in [7, 11) is 0. The summed E-state index contributed by atoms with van der Waals surface area (Å²) in [5.74, 6) is -1.20. The topological polar surface area (TPSA) is 141 Å². The van der Waals surface area contributed by atoms with Crippen LogP contribution in [0.2, 0.25) is 5.15 Å². The molecule has 35 heavy (non-hydrogen) atoms. The van der Waals surface area contributed by atoms with Crippen LogP contribution < -0.4 is 5.56 Å². The minimum absolute atomic E-state index is 0.00718. The number of carbonyl (C=O) groups is 2. The molecule has 0 bridgehead atoms. The van der Waals surface area contributed by atoms with E-state index in [2.05, 4.69) is 53.7 Å². The van der Waals surface area contributed by atoms with Crippen LogP contribution in [0.1, 0.15) is 35.1 Å². The fourth-order valence-electron chi connectivity index (χ4n) is 2.28. The van der Waals surface area contributed by atoms with Crippen LogP contribution in [0.4, 0.5) is 0 Å².